The van der Waals surface area contributed by atoms with Crippen LogP contribution in [0.1, 0.15) is 84.6 Å². The van der Waals surface area contributed by atoms with Gasteiger partial charge in [-0.05, 0) is 75.3 Å². The molecule has 3 rings (SSSR count). The molecule has 0 saturated heterocycles. The summed E-state index contributed by atoms with van der Waals surface area (Å²) >= 11 is 0. The van der Waals surface area contributed by atoms with E-state index in [1.807, 2.05) is 25.1 Å². The van der Waals surface area contributed by atoms with Gasteiger partial charge in [0.2, 0.25) is 0 Å². The van der Waals surface area contributed by atoms with Gasteiger partial charge in [-0.2, -0.15) is 5.11 Å². The van der Waals surface area contributed by atoms with Crippen molar-refractivity contribution in [3.63, 3.8) is 0 Å². The van der Waals surface area contributed by atoms with Crippen molar-refractivity contribution < 1.29 is 19.3 Å². The largest absolute Gasteiger partial charge is 0.491 e. The van der Waals surface area contributed by atoms with E-state index in [0.29, 0.717) is 61.0 Å². The smallest absolute Gasteiger partial charge is 0.303 e. The molecule has 0 fully saturated rings. The minimum atomic E-state index is -0.720. The van der Waals surface area contributed by atoms with E-state index in [0.717, 1.165) is 74.8 Å². The van der Waals surface area contributed by atoms with Crippen LogP contribution < -0.4 is 14.4 Å². The van der Waals surface area contributed by atoms with Gasteiger partial charge in [0.25, 0.3) is 5.69 Å². The second-order valence-electron chi connectivity index (χ2n) is 12.8. The molecular weight excluding hydrogens is 662 g/mol. The Morgan fingerprint density at radius 1 is 0.692 bits per heavy atom. The number of non-ortho nitro benzene ring substituents is 1. The highest BCUT2D eigenvalue weighted by molar-refractivity contribution is 5.68. The number of unbranched alkanes of at least 4 members (excludes halogenated alkanes) is 2. The molecule has 2 atom stereocenters. The number of aryl methyl sites for hydroxylation is 1. The number of nitro groups is 2. The van der Waals surface area contributed by atoms with Crippen molar-refractivity contribution in [1.29, 1.82) is 0 Å². The molecule has 2 unspecified atom stereocenters. The lowest BCUT2D eigenvalue weighted by Crippen LogP contribution is -2.22. The summed E-state index contributed by atoms with van der Waals surface area (Å²) in [4.78, 5) is 23.8. The van der Waals surface area contributed by atoms with Gasteiger partial charge in [-0.25, -0.2) is 0 Å². The highest BCUT2D eigenvalue weighted by atomic mass is 16.6. The molecule has 13 heteroatoms. The minimum Gasteiger partial charge on any atom is -0.491 e. The summed E-state index contributed by atoms with van der Waals surface area (Å²) in [6.07, 6.45) is 8.18. The molecule has 0 aromatic heterocycles. The van der Waals surface area contributed by atoms with Crippen molar-refractivity contribution in [3.05, 3.63) is 88.2 Å². The van der Waals surface area contributed by atoms with Gasteiger partial charge in [-0.1, -0.05) is 66.2 Å². The van der Waals surface area contributed by atoms with E-state index in [9.17, 15) is 20.2 Å². The Labute approximate surface area is 307 Å². The van der Waals surface area contributed by atoms with E-state index in [1.165, 1.54) is 6.07 Å². The summed E-state index contributed by atoms with van der Waals surface area (Å²) < 4.78 is 12.8. The van der Waals surface area contributed by atoms with Crippen LogP contribution in [-0.4, -0.2) is 36.1 Å². The Hall–Kier alpha value is -4.94. The lowest BCUT2D eigenvalue weighted by atomic mass is 10.0. The Balaban J connectivity index is 2.15. The highest BCUT2D eigenvalue weighted by Crippen LogP contribution is 2.43. The molecule has 0 aliphatic heterocycles. The first-order valence-corrected chi connectivity index (χ1v) is 18.2. The Bertz CT molecular complexity index is 1680. The van der Waals surface area contributed by atoms with Crippen molar-refractivity contribution >= 4 is 39.8 Å². The number of azo groups is 2. The fraction of sp³-hybridized carbons (Fsp3) is 0.487. The number of rotatable bonds is 23. The summed E-state index contributed by atoms with van der Waals surface area (Å²) in [5, 5.41) is 41.0. The van der Waals surface area contributed by atoms with Crippen molar-refractivity contribution in [3.8, 4) is 11.5 Å². The third-order valence-electron chi connectivity index (χ3n) is 9.06. The molecule has 3 aromatic carbocycles. The van der Waals surface area contributed by atoms with Gasteiger partial charge < -0.3 is 14.4 Å². The highest BCUT2D eigenvalue weighted by Gasteiger charge is 2.21. The van der Waals surface area contributed by atoms with Gasteiger partial charge in [0, 0.05) is 37.0 Å². The molecule has 0 aliphatic rings. The number of benzene rings is 3. The molecule has 0 heterocycles. The van der Waals surface area contributed by atoms with E-state index >= 15 is 0 Å². The average Bonchev–Trinajstić information content (AvgIpc) is 3.14. The molecule has 0 saturated carbocycles. The number of nitrogens with zero attached hydrogens (tertiary/aromatic N) is 7. The molecule has 13 nitrogen and oxygen atoms in total. The summed E-state index contributed by atoms with van der Waals surface area (Å²) in [5.74, 6) is 1.38. The van der Waals surface area contributed by atoms with E-state index < -0.39 is 21.2 Å². The Morgan fingerprint density at radius 3 is 1.63 bits per heavy atom. The number of nitro benzene ring substituents is 2. The predicted octanol–water partition coefficient (Wildman–Crippen LogP) is 12.3. The van der Waals surface area contributed by atoms with Gasteiger partial charge in [0.1, 0.15) is 22.9 Å². The molecule has 0 aliphatic carbocycles. The quantitative estimate of drug-likeness (QED) is 0.0536. The van der Waals surface area contributed by atoms with E-state index in [-0.39, 0.29) is 11.4 Å². The van der Waals surface area contributed by atoms with Gasteiger partial charge in [-0.3, -0.25) is 20.2 Å². The third kappa shape index (κ3) is 12.1. The monoisotopic (exact) mass is 715 g/mol. The summed E-state index contributed by atoms with van der Waals surface area (Å²) in [7, 11) is 0. The maximum atomic E-state index is 11.8. The first kappa shape index (κ1) is 41.5. The van der Waals surface area contributed by atoms with Crippen LogP contribution in [0.15, 0.2) is 69.0 Å². The van der Waals surface area contributed by atoms with Gasteiger partial charge in [0.05, 0.1) is 34.8 Å². The van der Waals surface area contributed by atoms with Crippen LogP contribution in [0.2, 0.25) is 0 Å². The second-order valence-corrected chi connectivity index (χ2v) is 12.8. The van der Waals surface area contributed by atoms with E-state index in [1.54, 1.807) is 12.1 Å². The predicted molar refractivity (Wildman–Crippen MR) is 206 cm³/mol. The van der Waals surface area contributed by atoms with Crippen LogP contribution >= 0.6 is 0 Å². The number of hydrogen-bond acceptors (Lipinski definition) is 11. The number of ether oxygens (including phenoxy) is 2. The normalized spacial score (nSPS) is 12.7. The minimum absolute atomic E-state index is 0.136. The van der Waals surface area contributed by atoms with Gasteiger partial charge in [0.15, 0.2) is 5.69 Å². The molecule has 0 bridgehead atoms. The molecule has 0 amide bonds. The molecule has 0 spiro atoms. The van der Waals surface area contributed by atoms with Crippen molar-refractivity contribution in [2.24, 2.45) is 32.3 Å². The third-order valence-corrected chi connectivity index (χ3v) is 9.06. The summed E-state index contributed by atoms with van der Waals surface area (Å²) in [6.45, 7) is 20.5. The van der Waals surface area contributed by atoms with Crippen LogP contribution in [0.5, 0.6) is 11.5 Å². The number of anilines is 1. The SMILES string of the molecule is [CH2]CN(C[CH2])c1ccc(/N=N/c2cc(OCC(CC)CCCC)c(/N=N/c3ccc([N+](=O)[O-])cc3[N+](=O)[O-])cc2OCC(CC)CCCC)c(C)c1. The molecular formula is C39H53N7O6. The summed E-state index contributed by atoms with van der Waals surface area (Å²) in [6, 6.07) is 12.5. The zero-order valence-electron chi connectivity index (χ0n) is 31.3. The summed E-state index contributed by atoms with van der Waals surface area (Å²) in [5.41, 5.74) is 2.22. The van der Waals surface area contributed by atoms with Crippen molar-refractivity contribution in [1.82, 2.24) is 0 Å². The van der Waals surface area contributed by atoms with Crippen LogP contribution in [0.25, 0.3) is 0 Å². The zero-order valence-corrected chi connectivity index (χ0v) is 31.3. The van der Waals surface area contributed by atoms with Crippen LogP contribution in [0.4, 0.5) is 39.8 Å². The molecule has 3 aromatic rings. The first-order chi connectivity index (χ1) is 25.1. The van der Waals surface area contributed by atoms with Crippen molar-refractivity contribution in [2.45, 2.75) is 86.0 Å². The fourth-order valence-corrected chi connectivity index (χ4v) is 5.53. The molecule has 2 radical (unpaired) electrons. The maximum Gasteiger partial charge on any atom is 0.303 e. The van der Waals surface area contributed by atoms with Gasteiger partial charge in [-0.15, -0.1) is 15.3 Å². The second kappa shape index (κ2) is 21.4. The van der Waals surface area contributed by atoms with Crippen LogP contribution in [0, 0.1) is 52.8 Å². The Morgan fingerprint density at radius 2 is 1.19 bits per heavy atom. The Kier molecular flexibility index (Phi) is 17.1. The van der Waals surface area contributed by atoms with E-state index in [4.69, 9.17) is 9.47 Å². The number of hydrogen-bond donors (Lipinski definition) is 0. The average molecular weight is 716 g/mol. The lowest BCUT2D eigenvalue weighted by Gasteiger charge is -2.21. The molecule has 52 heavy (non-hydrogen) atoms. The molecule has 280 valence electrons. The standard InChI is InChI=1S/C39H53N7O6/c1-8-14-16-29(10-3)26-51-38-25-36(43-41-34-21-19-32(45(47)48)23-37(34)46(49)50)39(52-27-30(11-4)17-15-9-2)24-35(38)42-40-33-20-18-31(22-28(33)7)44(12-5)13-6/h18-25,29-30H,5-6,8-17,26-27H2,1-4,7H3/b42-40+,43-41+. The maximum absolute atomic E-state index is 11.8. The molecule has 0 N–H and O–H groups in total. The fourth-order valence-electron chi connectivity index (χ4n) is 5.53. The van der Waals surface area contributed by atoms with Crippen LogP contribution in [-0.2, 0) is 0 Å². The van der Waals surface area contributed by atoms with E-state index in [2.05, 4.69) is 66.9 Å². The lowest BCUT2D eigenvalue weighted by molar-refractivity contribution is -0.393. The zero-order chi connectivity index (χ0) is 38.0. The van der Waals surface area contributed by atoms with Crippen molar-refractivity contribution in [2.75, 3.05) is 31.2 Å². The topological polar surface area (TPSA) is 157 Å². The van der Waals surface area contributed by atoms with Gasteiger partial charge >= 0.3 is 5.69 Å². The first-order valence-electron chi connectivity index (χ1n) is 18.2. The van der Waals surface area contributed by atoms with Crippen LogP contribution in [0.3, 0.4) is 0 Å².